The van der Waals surface area contributed by atoms with E-state index in [1.54, 1.807) is 55.0 Å². The van der Waals surface area contributed by atoms with Gasteiger partial charge in [0.15, 0.2) is 23.0 Å². The van der Waals surface area contributed by atoms with E-state index < -0.39 is 23.9 Å². The highest BCUT2D eigenvalue weighted by molar-refractivity contribution is 5.71. The van der Waals surface area contributed by atoms with Gasteiger partial charge in [-0.05, 0) is 32.3 Å². The Kier molecular flexibility index (Phi) is 6.54. The van der Waals surface area contributed by atoms with Crippen LogP contribution in [-0.2, 0) is 12.7 Å². The van der Waals surface area contributed by atoms with Gasteiger partial charge in [-0.1, -0.05) is 24.3 Å². The lowest BCUT2D eigenvalue weighted by molar-refractivity contribution is -0.143. The fourth-order valence-corrected chi connectivity index (χ4v) is 4.69. The van der Waals surface area contributed by atoms with Crippen molar-refractivity contribution in [3.8, 4) is 28.7 Å². The van der Waals surface area contributed by atoms with Crippen LogP contribution < -0.4 is 10.1 Å². The fourth-order valence-electron chi connectivity index (χ4n) is 4.69. The van der Waals surface area contributed by atoms with Gasteiger partial charge in [0.1, 0.15) is 17.7 Å². The molecule has 1 aromatic carbocycles. The molecule has 0 saturated heterocycles. The second kappa shape index (κ2) is 10.1. The quantitative estimate of drug-likeness (QED) is 0.239. The Hall–Kier alpha value is -4.62. The maximum atomic E-state index is 14.6. The second-order valence-corrected chi connectivity index (χ2v) is 9.98. The van der Waals surface area contributed by atoms with Crippen LogP contribution in [0.25, 0.3) is 28.4 Å². The zero-order valence-electron chi connectivity index (χ0n) is 22.3. The van der Waals surface area contributed by atoms with Crippen LogP contribution >= 0.6 is 0 Å². The number of benzene rings is 1. The normalized spacial score (nSPS) is 13.8. The molecule has 6 rings (SSSR count). The smallest absolute Gasteiger partial charge is 0.437 e. The molecule has 212 valence electrons. The average Bonchev–Trinajstić information content (AvgIpc) is 3.57. The molecule has 1 N–H and O–H groups in total. The van der Waals surface area contributed by atoms with E-state index in [4.69, 9.17) is 9.72 Å². The van der Waals surface area contributed by atoms with Gasteiger partial charge in [-0.25, -0.2) is 29.4 Å². The molecule has 1 saturated carbocycles. The molecule has 0 atom stereocenters. The van der Waals surface area contributed by atoms with Gasteiger partial charge in [-0.15, -0.1) is 5.10 Å². The van der Waals surface area contributed by atoms with Crippen molar-refractivity contribution in [2.45, 2.75) is 51.4 Å². The van der Waals surface area contributed by atoms with E-state index in [9.17, 15) is 17.6 Å². The van der Waals surface area contributed by atoms with E-state index in [0.717, 1.165) is 28.7 Å². The zero-order chi connectivity index (χ0) is 28.9. The average molecular weight is 568 g/mol. The zero-order valence-corrected chi connectivity index (χ0v) is 22.3. The van der Waals surface area contributed by atoms with Crippen molar-refractivity contribution in [1.82, 2.24) is 39.1 Å². The molecule has 10 nitrogen and oxygen atoms in total. The highest BCUT2D eigenvalue weighted by Gasteiger charge is 2.40. The molecule has 0 amide bonds. The van der Waals surface area contributed by atoms with Gasteiger partial charge < -0.3 is 10.1 Å². The number of hydrogen-bond acceptors (Lipinski definition) is 8. The molecule has 0 aliphatic heterocycles. The standard InChI is InChI=1S/C27H25F4N9O/c1-14(2)40-21(28)20(27(29,30)31)36-24(40)17-6-4-15(5-7-17)12-33-23-25-32-10-11-39(25)38-22(37-23)18-19(16-8-9-16)34-13-35-26(18)41-3/h4-7,10-11,13-14,16H,8-9,12H2,1-3H3,(H,33,37,38). The van der Waals surface area contributed by atoms with E-state index in [2.05, 4.69) is 30.4 Å². The molecule has 5 aromatic rings. The summed E-state index contributed by atoms with van der Waals surface area (Å²) < 4.78 is 62.7. The third-order valence-corrected chi connectivity index (χ3v) is 6.79. The summed E-state index contributed by atoms with van der Waals surface area (Å²) in [5.41, 5.74) is 1.61. The third-order valence-electron chi connectivity index (χ3n) is 6.79. The predicted octanol–water partition coefficient (Wildman–Crippen LogP) is 5.68. The van der Waals surface area contributed by atoms with E-state index in [1.807, 2.05) is 0 Å². The molecule has 1 aliphatic carbocycles. The molecule has 1 aliphatic rings. The first kappa shape index (κ1) is 26.6. The van der Waals surface area contributed by atoms with Crippen LogP contribution in [0.15, 0.2) is 43.0 Å². The maximum absolute atomic E-state index is 14.6. The largest absolute Gasteiger partial charge is 0.480 e. The lowest BCUT2D eigenvalue weighted by Gasteiger charge is -2.14. The van der Waals surface area contributed by atoms with Gasteiger partial charge in [0.05, 0.1) is 12.8 Å². The van der Waals surface area contributed by atoms with Crippen LogP contribution in [0, 0.1) is 5.95 Å². The number of halogens is 4. The summed E-state index contributed by atoms with van der Waals surface area (Å²) in [6.45, 7) is 3.52. The number of aromatic nitrogens is 8. The van der Waals surface area contributed by atoms with Gasteiger partial charge in [0.25, 0.3) is 0 Å². The topological polar surface area (TPSA) is 108 Å². The van der Waals surface area contributed by atoms with Crippen molar-refractivity contribution in [2.24, 2.45) is 0 Å². The van der Waals surface area contributed by atoms with Crippen LogP contribution in [0.3, 0.4) is 0 Å². The number of ether oxygens (including phenoxy) is 1. The number of anilines is 1. The van der Waals surface area contributed by atoms with E-state index in [0.29, 0.717) is 46.8 Å². The third kappa shape index (κ3) is 4.93. The Bertz CT molecular complexity index is 1720. The van der Waals surface area contributed by atoms with Crippen molar-refractivity contribution in [2.75, 3.05) is 12.4 Å². The summed E-state index contributed by atoms with van der Waals surface area (Å²) in [5, 5.41) is 7.90. The summed E-state index contributed by atoms with van der Waals surface area (Å²) in [6.07, 6.45) is 1.93. The Morgan fingerprint density at radius 3 is 2.49 bits per heavy atom. The molecule has 14 heteroatoms. The van der Waals surface area contributed by atoms with Crippen molar-refractivity contribution in [1.29, 1.82) is 0 Å². The number of rotatable bonds is 8. The molecular weight excluding hydrogens is 542 g/mol. The monoisotopic (exact) mass is 567 g/mol. The summed E-state index contributed by atoms with van der Waals surface area (Å²) in [5.74, 6) is 0.0366. The number of nitrogens with one attached hydrogen (secondary N) is 1. The minimum Gasteiger partial charge on any atom is -0.480 e. The van der Waals surface area contributed by atoms with Gasteiger partial charge in [-0.3, -0.25) is 4.57 Å². The summed E-state index contributed by atoms with van der Waals surface area (Å²) >= 11 is 0. The first-order valence-electron chi connectivity index (χ1n) is 12.9. The molecule has 1 fully saturated rings. The molecule has 4 aromatic heterocycles. The summed E-state index contributed by atoms with van der Waals surface area (Å²) in [6, 6.07) is 6.13. The lowest BCUT2D eigenvalue weighted by Crippen LogP contribution is -2.11. The van der Waals surface area contributed by atoms with Crippen LogP contribution in [0.1, 0.15) is 55.6 Å². The van der Waals surface area contributed by atoms with Crippen LogP contribution in [-0.4, -0.2) is 46.2 Å². The van der Waals surface area contributed by atoms with Crippen molar-refractivity contribution in [3.63, 3.8) is 0 Å². The number of fused-ring (bicyclic) bond motifs is 1. The molecule has 0 unspecified atom stereocenters. The van der Waals surface area contributed by atoms with Crippen molar-refractivity contribution in [3.05, 3.63) is 65.9 Å². The predicted molar refractivity (Wildman–Crippen MR) is 141 cm³/mol. The minimum absolute atomic E-state index is 0.0886. The summed E-state index contributed by atoms with van der Waals surface area (Å²) in [7, 11) is 1.53. The van der Waals surface area contributed by atoms with E-state index in [1.165, 1.54) is 13.4 Å². The molecular formula is C27H25F4N9O. The van der Waals surface area contributed by atoms with Crippen molar-refractivity contribution >= 4 is 11.5 Å². The van der Waals surface area contributed by atoms with Crippen LogP contribution in [0.5, 0.6) is 5.88 Å². The van der Waals surface area contributed by atoms with E-state index in [-0.39, 0.29) is 5.82 Å². The molecule has 0 radical (unpaired) electrons. The highest BCUT2D eigenvalue weighted by atomic mass is 19.4. The Labute approximate surface area is 231 Å². The number of alkyl halides is 3. The Balaban J connectivity index is 1.30. The molecule has 41 heavy (non-hydrogen) atoms. The van der Waals surface area contributed by atoms with E-state index >= 15 is 0 Å². The summed E-state index contributed by atoms with van der Waals surface area (Å²) in [4.78, 5) is 21.4. The van der Waals surface area contributed by atoms with Gasteiger partial charge >= 0.3 is 6.18 Å². The number of hydrogen-bond donors (Lipinski definition) is 1. The van der Waals surface area contributed by atoms with Gasteiger partial charge in [-0.2, -0.15) is 17.6 Å². The number of nitrogens with zero attached hydrogens (tertiary/aromatic N) is 8. The highest BCUT2D eigenvalue weighted by Crippen LogP contribution is 2.45. The fraction of sp³-hybridized carbons (Fsp3) is 0.333. The molecule has 4 heterocycles. The van der Waals surface area contributed by atoms with Gasteiger partial charge in [0.2, 0.25) is 11.8 Å². The minimum atomic E-state index is -4.90. The number of methoxy groups -OCH3 is 1. The molecule has 0 spiro atoms. The lowest BCUT2D eigenvalue weighted by atomic mass is 10.1. The van der Waals surface area contributed by atoms with Gasteiger partial charge in [0, 0.05) is 36.5 Å². The molecule has 0 bridgehead atoms. The second-order valence-electron chi connectivity index (χ2n) is 9.98. The number of imidazole rings is 2. The Morgan fingerprint density at radius 2 is 1.83 bits per heavy atom. The maximum Gasteiger partial charge on any atom is 0.437 e. The first-order valence-corrected chi connectivity index (χ1v) is 12.9. The first-order chi connectivity index (χ1) is 19.7. The SMILES string of the molecule is COc1ncnc(C2CC2)c1-c1nc(NCc2ccc(-c3nc(C(F)(F)F)c(F)n3C(C)C)cc2)c2nccn2n1. The Morgan fingerprint density at radius 1 is 1.07 bits per heavy atom. The van der Waals surface area contributed by atoms with Crippen LogP contribution in [0.4, 0.5) is 23.4 Å². The van der Waals surface area contributed by atoms with Crippen LogP contribution in [0.2, 0.25) is 0 Å². The van der Waals surface area contributed by atoms with Crippen molar-refractivity contribution < 1.29 is 22.3 Å².